The number of hydrogen-bond donors (Lipinski definition) is 1. The van der Waals surface area contributed by atoms with Gasteiger partial charge in [-0.15, -0.1) is 0 Å². The Kier molecular flexibility index (Phi) is 7.86. The molecular formula is C25H28N2O6S2. The summed E-state index contributed by atoms with van der Waals surface area (Å²) in [7, 11) is -5.90. The molecule has 0 heterocycles. The van der Waals surface area contributed by atoms with Crippen LogP contribution in [0.2, 0.25) is 0 Å². The van der Waals surface area contributed by atoms with E-state index in [1.54, 1.807) is 62.4 Å². The van der Waals surface area contributed by atoms with Gasteiger partial charge >= 0.3 is 0 Å². The lowest BCUT2D eigenvalue weighted by molar-refractivity contribution is -0.120. The standard InChI is InChI=1S/C25H28N2O6S2/c1-18-16-23(14-15-24(18)33-3)35(31,32)27(21-8-6-5-7-9-21)17-25(28)26-19(2)20-10-12-22(13-11-20)34(4,29)30/h5-16,19H,17H2,1-4H3,(H,26,28). The molecule has 3 aromatic rings. The number of nitrogens with zero attached hydrogens (tertiary/aromatic N) is 1. The van der Waals surface area contributed by atoms with E-state index in [0.29, 0.717) is 22.6 Å². The number of hydrogen-bond acceptors (Lipinski definition) is 6. The zero-order chi connectivity index (χ0) is 25.8. The van der Waals surface area contributed by atoms with Crippen molar-refractivity contribution in [2.75, 3.05) is 24.2 Å². The summed E-state index contributed by atoms with van der Waals surface area (Å²) in [5.41, 5.74) is 1.68. The molecule has 0 aromatic heterocycles. The normalized spacial score (nSPS) is 12.6. The van der Waals surface area contributed by atoms with E-state index < -0.39 is 38.4 Å². The molecule has 3 rings (SSSR count). The molecule has 0 aliphatic rings. The Labute approximate surface area is 206 Å². The zero-order valence-electron chi connectivity index (χ0n) is 19.9. The SMILES string of the molecule is COc1ccc(S(=O)(=O)N(CC(=O)NC(C)c2ccc(S(C)(=O)=O)cc2)c2ccccc2)cc1C. The van der Waals surface area contributed by atoms with E-state index in [-0.39, 0.29) is 9.79 Å². The van der Waals surface area contributed by atoms with Crippen LogP contribution in [0.25, 0.3) is 0 Å². The summed E-state index contributed by atoms with van der Waals surface area (Å²) in [4.78, 5) is 13.2. The summed E-state index contributed by atoms with van der Waals surface area (Å²) in [6.45, 7) is 3.04. The van der Waals surface area contributed by atoms with Gasteiger partial charge in [0.2, 0.25) is 5.91 Å². The van der Waals surface area contributed by atoms with Crippen molar-refractivity contribution >= 4 is 31.5 Å². The van der Waals surface area contributed by atoms with Gasteiger partial charge in [-0.2, -0.15) is 0 Å². The van der Waals surface area contributed by atoms with Gasteiger partial charge in [-0.3, -0.25) is 9.10 Å². The van der Waals surface area contributed by atoms with E-state index in [0.717, 1.165) is 10.6 Å². The number of para-hydroxylation sites is 1. The highest BCUT2D eigenvalue weighted by atomic mass is 32.2. The third-order valence-electron chi connectivity index (χ3n) is 5.47. The number of sulfone groups is 1. The lowest BCUT2D eigenvalue weighted by Crippen LogP contribution is -2.41. The maximum Gasteiger partial charge on any atom is 0.264 e. The van der Waals surface area contributed by atoms with Crippen LogP contribution in [0.15, 0.2) is 82.6 Å². The number of nitrogens with one attached hydrogen (secondary N) is 1. The van der Waals surface area contributed by atoms with Crippen LogP contribution >= 0.6 is 0 Å². The maximum absolute atomic E-state index is 13.6. The van der Waals surface area contributed by atoms with Gasteiger partial charge in [0.15, 0.2) is 9.84 Å². The first kappa shape index (κ1) is 26.2. The number of rotatable bonds is 9. The number of methoxy groups -OCH3 is 1. The number of anilines is 1. The van der Waals surface area contributed by atoms with Crippen molar-refractivity contribution in [1.29, 1.82) is 0 Å². The van der Waals surface area contributed by atoms with E-state index >= 15 is 0 Å². The van der Waals surface area contributed by atoms with Crippen molar-refractivity contribution in [3.8, 4) is 5.75 Å². The molecule has 0 aliphatic heterocycles. The van der Waals surface area contributed by atoms with E-state index in [1.165, 1.54) is 31.4 Å². The number of carbonyl (C=O) groups is 1. The summed E-state index contributed by atoms with van der Waals surface area (Å²) in [5, 5.41) is 2.79. The van der Waals surface area contributed by atoms with Gasteiger partial charge in [-0.1, -0.05) is 30.3 Å². The van der Waals surface area contributed by atoms with Gasteiger partial charge < -0.3 is 10.1 Å². The number of ether oxygens (including phenoxy) is 1. The summed E-state index contributed by atoms with van der Waals surface area (Å²) in [6.07, 6.45) is 1.12. The Morgan fingerprint density at radius 1 is 0.943 bits per heavy atom. The molecule has 0 saturated carbocycles. The molecule has 10 heteroatoms. The number of carbonyl (C=O) groups excluding carboxylic acids is 1. The van der Waals surface area contributed by atoms with Gasteiger partial charge in [0.05, 0.1) is 28.6 Å². The Bertz CT molecular complexity index is 1400. The van der Waals surface area contributed by atoms with E-state index in [1.807, 2.05) is 0 Å². The van der Waals surface area contributed by atoms with Crippen LogP contribution in [-0.4, -0.2) is 42.7 Å². The highest BCUT2D eigenvalue weighted by Gasteiger charge is 2.28. The van der Waals surface area contributed by atoms with Gasteiger partial charge in [0.1, 0.15) is 12.3 Å². The monoisotopic (exact) mass is 516 g/mol. The second kappa shape index (κ2) is 10.5. The van der Waals surface area contributed by atoms with Crippen LogP contribution in [0.4, 0.5) is 5.69 Å². The first-order chi connectivity index (χ1) is 16.4. The smallest absolute Gasteiger partial charge is 0.264 e. The lowest BCUT2D eigenvalue weighted by atomic mass is 10.1. The van der Waals surface area contributed by atoms with Crippen molar-refractivity contribution in [2.45, 2.75) is 29.7 Å². The number of sulfonamides is 1. The van der Waals surface area contributed by atoms with Crippen LogP contribution < -0.4 is 14.4 Å². The minimum atomic E-state index is -4.07. The molecule has 8 nitrogen and oxygen atoms in total. The minimum Gasteiger partial charge on any atom is -0.496 e. The predicted molar refractivity (Wildman–Crippen MR) is 135 cm³/mol. The first-order valence-electron chi connectivity index (χ1n) is 10.8. The Morgan fingerprint density at radius 2 is 1.54 bits per heavy atom. The Hall–Kier alpha value is -3.37. The fourth-order valence-corrected chi connectivity index (χ4v) is 5.69. The molecule has 3 aromatic carbocycles. The predicted octanol–water partition coefficient (Wildman–Crippen LogP) is 3.48. The summed E-state index contributed by atoms with van der Waals surface area (Å²) < 4.78 is 56.8. The summed E-state index contributed by atoms with van der Waals surface area (Å²) in [6, 6.07) is 18.6. The van der Waals surface area contributed by atoms with Crippen molar-refractivity contribution < 1.29 is 26.4 Å². The van der Waals surface area contributed by atoms with Gasteiger partial charge in [0, 0.05) is 6.26 Å². The summed E-state index contributed by atoms with van der Waals surface area (Å²) in [5.74, 6) is 0.0472. The van der Waals surface area contributed by atoms with Crippen LogP contribution in [0.5, 0.6) is 5.75 Å². The molecule has 0 aliphatic carbocycles. The van der Waals surface area contributed by atoms with E-state index in [4.69, 9.17) is 4.74 Å². The molecule has 35 heavy (non-hydrogen) atoms. The third kappa shape index (κ3) is 6.20. The molecule has 1 amide bonds. The Morgan fingerprint density at radius 3 is 2.09 bits per heavy atom. The first-order valence-corrected chi connectivity index (χ1v) is 14.1. The second-order valence-electron chi connectivity index (χ2n) is 8.11. The number of aryl methyl sites for hydroxylation is 1. The van der Waals surface area contributed by atoms with Gasteiger partial charge in [0.25, 0.3) is 10.0 Å². The van der Waals surface area contributed by atoms with Crippen molar-refractivity contribution in [3.05, 3.63) is 83.9 Å². The molecule has 0 saturated heterocycles. The van der Waals surface area contributed by atoms with E-state index in [9.17, 15) is 21.6 Å². The molecule has 1 N–H and O–H groups in total. The molecule has 0 spiro atoms. The van der Waals surface area contributed by atoms with Crippen LogP contribution in [-0.2, 0) is 24.7 Å². The zero-order valence-corrected chi connectivity index (χ0v) is 21.6. The summed E-state index contributed by atoms with van der Waals surface area (Å²) >= 11 is 0. The lowest BCUT2D eigenvalue weighted by Gasteiger charge is -2.25. The maximum atomic E-state index is 13.6. The topological polar surface area (TPSA) is 110 Å². The quantitative estimate of drug-likeness (QED) is 0.466. The van der Waals surface area contributed by atoms with Gasteiger partial charge in [-0.25, -0.2) is 16.8 Å². The second-order valence-corrected chi connectivity index (χ2v) is 12.0. The van der Waals surface area contributed by atoms with Crippen LogP contribution in [0.1, 0.15) is 24.1 Å². The van der Waals surface area contributed by atoms with Crippen molar-refractivity contribution in [3.63, 3.8) is 0 Å². The van der Waals surface area contributed by atoms with Gasteiger partial charge in [-0.05, 0) is 67.4 Å². The molecular weight excluding hydrogens is 488 g/mol. The molecule has 0 radical (unpaired) electrons. The average Bonchev–Trinajstić information content (AvgIpc) is 2.82. The fraction of sp³-hybridized carbons (Fsp3) is 0.240. The highest BCUT2D eigenvalue weighted by Crippen LogP contribution is 2.27. The molecule has 0 bridgehead atoms. The molecule has 0 fully saturated rings. The van der Waals surface area contributed by atoms with E-state index in [2.05, 4.69) is 5.32 Å². The number of amides is 1. The minimum absolute atomic E-state index is 0.0388. The molecule has 186 valence electrons. The largest absolute Gasteiger partial charge is 0.496 e. The highest BCUT2D eigenvalue weighted by molar-refractivity contribution is 7.93. The van der Waals surface area contributed by atoms with Crippen molar-refractivity contribution in [2.24, 2.45) is 0 Å². The van der Waals surface area contributed by atoms with Crippen LogP contribution in [0, 0.1) is 6.92 Å². The Balaban J connectivity index is 1.86. The van der Waals surface area contributed by atoms with Crippen molar-refractivity contribution in [1.82, 2.24) is 5.32 Å². The average molecular weight is 517 g/mol. The number of benzene rings is 3. The molecule has 1 unspecified atom stereocenters. The third-order valence-corrected chi connectivity index (χ3v) is 8.37. The van der Waals surface area contributed by atoms with Crippen LogP contribution in [0.3, 0.4) is 0 Å². The fourth-order valence-electron chi connectivity index (χ4n) is 3.55. The molecule has 1 atom stereocenters.